The van der Waals surface area contributed by atoms with Gasteiger partial charge < -0.3 is 5.32 Å². The topological polar surface area (TPSA) is 52.9 Å². The van der Waals surface area contributed by atoms with Gasteiger partial charge in [0, 0.05) is 11.8 Å². The number of hydrogen-bond donors (Lipinski definition) is 1. The fourth-order valence-electron chi connectivity index (χ4n) is 0.667. The summed E-state index contributed by atoms with van der Waals surface area (Å²) in [6.45, 7) is 2.78. The molecule has 0 radical (unpaired) electrons. The SMILES string of the molecule is CSC(C)CCNC(=O)CC#N. The molecule has 0 rings (SSSR count). The van der Waals surface area contributed by atoms with Crippen molar-refractivity contribution in [1.29, 1.82) is 5.26 Å². The standard InChI is InChI=1S/C8H14N2OS/c1-7(12-2)4-6-10-8(11)3-5-9/h7H,3-4,6H2,1-2H3,(H,10,11). The zero-order valence-electron chi connectivity index (χ0n) is 7.46. The maximum atomic E-state index is 10.8. The molecule has 1 atom stereocenters. The largest absolute Gasteiger partial charge is 0.355 e. The summed E-state index contributed by atoms with van der Waals surface area (Å²) in [5, 5.41) is 11.4. The van der Waals surface area contributed by atoms with Crippen molar-refractivity contribution in [3.8, 4) is 6.07 Å². The molecule has 0 fully saturated rings. The molecule has 68 valence electrons. The first-order valence-corrected chi connectivity index (χ1v) is 5.16. The summed E-state index contributed by atoms with van der Waals surface area (Å²) < 4.78 is 0. The molecule has 0 aliphatic heterocycles. The Morgan fingerprint density at radius 3 is 2.92 bits per heavy atom. The van der Waals surface area contributed by atoms with E-state index in [4.69, 9.17) is 5.26 Å². The molecular weight excluding hydrogens is 172 g/mol. The maximum absolute atomic E-state index is 10.8. The number of carbonyl (C=O) groups is 1. The summed E-state index contributed by atoms with van der Waals surface area (Å²) in [5.41, 5.74) is 0. The predicted molar refractivity (Wildman–Crippen MR) is 50.8 cm³/mol. The van der Waals surface area contributed by atoms with Crippen molar-refractivity contribution in [3.63, 3.8) is 0 Å². The molecule has 0 heterocycles. The van der Waals surface area contributed by atoms with E-state index in [0.29, 0.717) is 11.8 Å². The van der Waals surface area contributed by atoms with E-state index in [-0.39, 0.29) is 12.3 Å². The molecule has 0 bridgehead atoms. The molecule has 0 aliphatic rings. The number of nitrogens with zero attached hydrogens (tertiary/aromatic N) is 1. The lowest BCUT2D eigenvalue weighted by Gasteiger charge is -2.07. The first kappa shape index (κ1) is 11.3. The minimum absolute atomic E-state index is 0.0341. The third-order valence-electron chi connectivity index (χ3n) is 1.52. The third-order valence-corrected chi connectivity index (χ3v) is 2.56. The Labute approximate surface area is 77.5 Å². The highest BCUT2D eigenvalue weighted by Crippen LogP contribution is 2.07. The van der Waals surface area contributed by atoms with Gasteiger partial charge >= 0.3 is 0 Å². The van der Waals surface area contributed by atoms with E-state index in [0.717, 1.165) is 6.42 Å². The summed E-state index contributed by atoms with van der Waals surface area (Å²) in [6, 6.07) is 1.80. The van der Waals surface area contributed by atoms with Gasteiger partial charge in [0.2, 0.25) is 5.91 Å². The van der Waals surface area contributed by atoms with Crippen LogP contribution in [0.15, 0.2) is 0 Å². The van der Waals surface area contributed by atoms with Gasteiger partial charge in [0.15, 0.2) is 0 Å². The zero-order valence-corrected chi connectivity index (χ0v) is 8.28. The van der Waals surface area contributed by atoms with Gasteiger partial charge in [0.05, 0.1) is 6.07 Å². The van der Waals surface area contributed by atoms with E-state index in [1.807, 2.05) is 6.26 Å². The summed E-state index contributed by atoms with van der Waals surface area (Å²) in [6.07, 6.45) is 2.97. The average molecular weight is 186 g/mol. The Morgan fingerprint density at radius 1 is 1.75 bits per heavy atom. The van der Waals surface area contributed by atoms with Gasteiger partial charge in [-0.25, -0.2) is 0 Å². The fourth-order valence-corrected chi connectivity index (χ4v) is 1.02. The molecule has 1 amide bonds. The third kappa shape index (κ3) is 6.05. The quantitative estimate of drug-likeness (QED) is 0.701. The lowest BCUT2D eigenvalue weighted by Crippen LogP contribution is -2.25. The molecule has 0 aromatic rings. The lowest BCUT2D eigenvalue weighted by atomic mass is 10.3. The van der Waals surface area contributed by atoms with Crippen molar-refractivity contribution in [1.82, 2.24) is 5.32 Å². The Hall–Kier alpha value is -0.690. The molecule has 0 saturated heterocycles. The summed E-state index contributed by atoms with van der Waals surface area (Å²) >= 11 is 1.77. The van der Waals surface area contributed by atoms with Crippen LogP contribution in [0.4, 0.5) is 0 Å². The van der Waals surface area contributed by atoms with Crippen LogP contribution in [0.25, 0.3) is 0 Å². The van der Waals surface area contributed by atoms with Crippen LogP contribution in [0.3, 0.4) is 0 Å². The molecule has 1 N–H and O–H groups in total. The molecule has 0 aromatic carbocycles. The van der Waals surface area contributed by atoms with Gasteiger partial charge in [-0.05, 0) is 12.7 Å². The first-order chi connectivity index (χ1) is 5.70. The van der Waals surface area contributed by atoms with Crippen molar-refractivity contribution in [2.75, 3.05) is 12.8 Å². The smallest absolute Gasteiger partial charge is 0.234 e. The van der Waals surface area contributed by atoms with Crippen LogP contribution in [-0.2, 0) is 4.79 Å². The fraction of sp³-hybridized carbons (Fsp3) is 0.750. The molecule has 0 spiro atoms. The molecule has 12 heavy (non-hydrogen) atoms. The van der Waals surface area contributed by atoms with E-state index in [1.165, 1.54) is 0 Å². The Kier molecular flexibility index (Phi) is 6.58. The molecule has 0 saturated carbocycles. The van der Waals surface area contributed by atoms with Crippen LogP contribution in [0.1, 0.15) is 19.8 Å². The van der Waals surface area contributed by atoms with Gasteiger partial charge in [0.25, 0.3) is 0 Å². The van der Waals surface area contributed by atoms with E-state index < -0.39 is 0 Å². The molecule has 0 aliphatic carbocycles. The number of nitriles is 1. The summed E-state index contributed by atoms with van der Waals surface area (Å²) in [5.74, 6) is -0.175. The monoisotopic (exact) mass is 186 g/mol. The van der Waals surface area contributed by atoms with Crippen LogP contribution in [-0.4, -0.2) is 24.0 Å². The second-order valence-electron chi connectivity index (χ2n) is 2.52. The number of nitrogens with one attached hydrogen (secondary N) is 1. The Balaban J connectivity index is 3.32. The molecular formula is C8H14N2OS. The number of rotatable bonds is 5. The minimum Gasteiger partial charge on any atom is -0.355 e. The van der Waals surface area contributed by atoms with Gasteiger partial charge in [-0.2, -0.15) is 17.0 Å². The number of carbonyl (C=O) groups excluding carboxylic acids is 1. The lowest BCUT2D eigenvalue weighted by molar-refractivity contribution is -0.120. The van der Waals surface area contributed by atoms with Crippen molar-refractivity contribution in [2.45, 2.75) is 25.0 Å². The molecule has 3 nitrogen and oxygen atoms in total. The van der Waals surface area contributed by atoms with E-state index in [9.17, 15) is 4.79 Å². The normalized spacial score (nSPS) is 11.8. The Morgan fingerprint density at radius 2 is 2.42 bits per heavy atom. The van der Waals surface area contributed by atoms with Crippen molar-refractivity contribution in [2.24, 2.45) is 0 Å². The highest BCUT2D eigenvalue weighted by Gasteiger charge is 2.01. The van der Waals surface area contributed by atoms with E-state index >= 15 is 0 Å². The average Bonchev–Trinajstić information content (AvgIpc) is 2.04. The highest BCUT2D eigenvalue weighted by atomic mass is 32.2. The van der Waals surface area contributed by atoms with Crippen LogP contribution < -0.4 is 5.32 Å². The van der Waals surface area contributed by atoms with Crippen LogP contribution in [0.2, 0.25) is 0 Å². The van der Waals surface area contributed by atoms with Crippen LogP contribution in [0, 0.1) is 11.3 Å². The number of hydrogen-bond acceptors (Lipinski definition) is 3. The Bertz CT molecular complexity index is 176. The highest BCUT2D eigenvalue weighted by molar-refractivity contribution is 7.99. The summed E-state index contributed by atoms with van der Waals surface area (Å²) in [7, 11) is 0. The molecule has 4 heteroatoms. The van der Waals surface area contributed by atoms with Crippen LogP contribution >= 0.6 is 11.8 Å². The minimum atomic E-state index is -0.175. The molecule has 0 aromatic heterocycles. The number of amides is 1. The maximum Gasteiger partial charge on any atom is 0.234 e. The predicted octanol–water partition coefficient (Wildman–Crippen LogP) is 1.16. The van der Waals surface area contributed by atoms with E-state index in [2.05, 4.69) is 12.2 Å². The van der Waals surface area contributed by atoms with Crippen molar-refractivity contribution in [3.05, 3.63) is 0 Å². The van der Waals surface area contributed by atoms with Gasteiger partial charge in [-0.15, -0.1) is 0 Å². The van der Waals surface area contributed by atoms with Crippen LogP contribution in [0.5, 0.6) is 0 Å². The first-order valence-electron chi connectivity index (χ1n) is 3.87. The van der Waals surface area contributed by atoms with Gasteiger partial charge in [0.1, 0.15) is 6.42 Å². The second-order valence-corrected chi connectivity index (χ2v) is 3.80. The van der Waals surface area contributed by atoms with Gasteiger partial charge in [-0.1, -0.05) is 6.92 Å². The number of thioether (sulfide) groups is 1. The van der Waals surface area contributed by atoms with Gasteiger partial charge in [-0.3, -0.25) is 4.79 Å². The second kappa shape index (κ2) is 6.99. The van der Waals surface area contributed by atoms with Crippen molar-refractivity contribution < 1.29 is 4.79 Å². The van der Waals surface area contributed by atoms with Crippen molar-refractivity contribution >= 4 is 17.7 Å². The van der Waals surface area contributed by atoms with E-state index in [1.54, 1.807) is 17.8 Å². The summed E-state index contributed by atoms with van der Waals surface area (Å²) in [4.78, 5) is 10.8. The zero-order chi connectivity index (χ0) is 9.40. The molecule has 1 unspecified atom stereocenters.